The van der Waals surface area contributed by atoms with Crippen LogP contribution in [0.25, 0.3) is 0 Å². The molecule has 2 aliphatic heterocycles. The average molecular weight is 394 g/mol. The van der Waals surface area contributed by atoms with Crippen molar-refractivity contribution in [3.8, 4) is 0 Å². The zero-order valence-corrected chi connectivity index (χ0v) is 16.2. The Morgan fingerprint density at radius 3 is 2.71 bits per heavy atom. The van der Waals surface area contributed by atoms with Gasteiger partial charge in [0.1, 0.15) is 0 Å². The highest BCUT2D eigenvalue weighted by molar-refractivity contribution is 7.86. The third-order valence-corrected chi connectivity index (χ3v) is 7.16. The SMILES string of the molecule is CC1CCCCN1S(=O)(=O)N1CCNCC1c1cccc(Cl)c1.Cl. The molecule has 2 heterocycles. The zero-order valence-electron chi connectivity index (χ0n) is 13.8. The topological polar surface area (TPSA) is 52.7 Å². The molecule has 0 radical (unpaired) electrons. The van der Waals surface area contributed by atoms with Gasteiger partial charge in [0.05, 0.1) is 6.04 Å². The molecule has 0 amide bonds. The predicted octanol–water partition coefficient (Wildman–Crippen LogP) is 2.83. The highest BCUT2D eigenvalue weighted by Gasteiger charge is 2.39. The molecule has 3 rings (SSSR count). The van der Waals surface area contributed by atoms with Crippen LogP contribution in [0.4, 0.5) is 0 Å². The lowest BCUT2D eigenvalue weighted by Crippen LogP contribution is -2.55. The Balaban J connectivity index is 0.00000208. The predicted molar refractivity (Wildman–Crippen MR) is 100.0 cm³/mol. The highest BCUT2D eigenvalue weighted by Crippen LogP contribution is 2.31. The van der Waals surface area contributed by atoms with Gasteiger partial charge in [-0.3, -0.25) is 0 Å². The lowest BCUT2D eigenvalue weighted by molar-refractivity contribution is 0.210. The van der Waals surface area contributed by atoms with E-state index in [0.29, 0.717) is 31.2 Å². The molecule has 0 saturated carbocycles. The van der Waals surface area contributed by atoms with Crippen molar-refractivity contribution in [2.75, 3.05) is 26.2 Å². The molecular formula is C16H25Cl2N3O2S. The Kier molecular flexibility index (Phi) is 6.93. The van der Waals surface area contributed by atoms with Crippen molar-refractivity contribution in [2.45, 2.75) is 38.3 Å². The molecule has 2 saturated heterocycles. The summed E-state index contributed by atoms with van der Waals surface area (Å²) in [6.45, 7) is 4.41. The largest absolute Gasteiger partial charge is 0.313 e. The van der Waals surface area contributed by atoms with E-state index < -0.39 is 10.2 Å². The van der Waals surface area contributed by atoms with Crippen LogP contribution in [0, 0.1) is 0 Å². The number of piperidine rings is 1. The quantitative estimate of drug-likeness (QED) is 0.858. The van der Waals surface area contributed by atoms with Crippen LogP contribution >= 0.6 is 24.0 Å². The second-order valence-corrected chi connectivity index (χ2v) is 8.62. The Hall–Kier alpha value is -0.370. The Morgan fingerprint density at radius 1 is 1.21 bits per heavy atom. The summed E-state index contributed by atoms with van der Waals surface area (Å²) < 4.78 is 29.8. The first-order chi connectivity index (χ1) is 11.0. The van der Waals surface area contributed by atoms with Crippen molar-refractivity contribution in [3.63, 3.8) is 0 Å². The molecule has 5 nitrogen and oxygen atoms in total. The maximum Gasteiger partial charge on any atom is 0.282 e. The zero-order chi connectivity index (χ0) is 16.4. The van der Waals surface area contributed by atoms with Crippen LogP contribution in [0.15, 0.2) is 24.3 Å². The van der Waals surface area contributed by atoms with E-state index in [-0.39, 0.29) is 24.5 Å². The molecule has 1 aromatic carbocycles. The molecule has 2 unspecified atom stereocenters. The minimum absolute atomic E-state index is 0. The minimum Gasteiger partial charge on any atom is -0.313 e. The molecule has 0 aliphatic carbocycles. The summed E-state index contributed by atoms with van der Waals surface area (Å²) >= 11 is 6.10. The Morgan fingerprint density at radius 2 is 2.00 bits per heavy atom. The molecule has 136 valence electrons. The average Bonchev–Trinajstić information content (AvgIpc) is 2.55. The first-order valence-corrected chi connectivity index (χ1v) is 10.0. The van der Waals surface area contributed by atoms with Crippen LogP contribution < -0.4 is 5.32 Å². The molecule has 1 aromatic rings. The number of piperazine rings is 1. The van der Waals surface area contributed by atoms with Crippen LogP contribution in [0.1, 0.15) is 37.8 Å². The van der Waals surface area contributed by atoms with Crippen LogP contribution in [0.5, 0.6) is 0 Å². The van der Waals surface area contributed by atoms with Gasteiger partial charge >= 0.3 is 0 Å². The standard InChI is InChI=1S/C16H24ClN3O2S.ClH/c1-13-5-2-3-9-19(13)23(21,22)20-10-8-18-12-16(20)14-6-4-7-15(17)11-14;/h4,6-7,11,13,16,18H,2-3,5,8-10,12H2,1H3;1H. The van der Waals surface area contributed by atoms with E-state index in [0.717, 1.165) is 24.8 Å². The molecular weight excluding hydrogens is 369 g/mol. The molecule has 2 fully saturated rings. The van der Waals surface area contributed by atoms with Crippen LogP contribution in [-0.2, 0) is 10.2 Å². The molecule has 2 aliphatic rings. The van der Waals surface area contributed by atoms with Gasteiger partial charge in [0.2, 0.25) is 0 Å². The van der Waals surface area contributed by atoms with Crippen LogP contribution in [0.3, 0.4) is 0 Å². The number of nitrogens with one attached hydrogen (secondary N) is 1. The van der Waals surface area contributed by atoms with E-state index in [1.165, 1.54) is 0 Å². The van der Waals surface area contributed by atoms with Gasteiger partial charge in [-0.1, -0.05) is 30.2 Å². The Bertz CT molecular complexity index is 656. The van der Waals surface area contributed by atoms with Gasteiger partial charge in [0.15, 0.2) is 0 Å². The summed E-state index contributed by atoms with van der Waals surface area (Å²) in [4.78, 5) is 0. The van der Waals surface area contributed by atoms with Crippen molar-refractivity contribution in [2.24, 2.45) is 0 Å². The van der Waals surface area contributed by atoms with E-state index in [9.17, 15) is 8.42 Å². The van der Waals surface area contributed by atoms with Crippen molar-refractivity contribution in [1.29, 1.82) is 0 Å². The molecule has 8 heteroatoms. The van der Waals surface area contributed by atoms with Gasteiger partial charge in [-0.2, -0.15) is 17.0 Å². The lowest BCUT2D eigenvalue weighted by atomic mass is 10.1. The third kappa shape index (κ3) is 4.06. The van der Waals surface area contributed by atoms with Gasteiger partial charge in [-0.05, 0) is 37.5 Å². The lowest BCUT2D eigenvalue weighted by Gasteiger charge is -2.41. The fourth-order valence-corrected chi connectivity index (χ4v) is 5.74. The number of rotatable bonds is 3. The van der Waals surface area contributed by atoms with E-state index in [2.05, 4.69) is 5.32 Å². The summed E-state index contributed by atoms with van der Waals surface area (Å²) in [6.07, 6.45) is 2.98. The van der Waals surface area contributed by atoms with E-state index in [4.69, 9.17) is 11.6 Å². The third-order valence-electron chi connectivity index (χ3n) is 4.76. The molecule has 0 spiro atoms. The molecule has 1 N–H and O–H groups in total. The fraction of sp³-hybridized carbons (Fsp3) is 0.625. The molecule has 24 heavy (non-hydrogen) atoms. The monoisotopic (exact) mass is 393 g/mol. The van der Waals surface area contributed by atoms with Crippen molar-refractivity contribution < 1.29 is 8.42 Å². The number of benzene rings is 1. The van der Waals surface area contributed by atoms with Crippen LogP contribution in [-0.4, -0.2) is 49.2 Å². The van der Waals surface area contributed by atoms with E-state index in [1.54, 1.807) is 8.61 Å². The molecule has 2 atom stereocenters. The van der Waals surface area contributed by atoms with Crippen LogP contribution in [0.2, 0.25) is 5.02 Å². The van der Waals surface area contributed by atoms with Gasteiger partial charge in [-0.25, -0.2) is 0 Å². The molecule has 0 bridgehead atoms. The summed E-state index contributed by atoms with van der Waals surface area (Å²) in [5, 5.41) is 3.94. The van der Waals surface area contributed by atoms with Gasteiger partial charge < -0.3 is 5.32 Å². The molecule has 0 aromatic heterocycles. The number of halogens is 2. The maximum atomic E-state index is 13.2. The van der Waals surface area contributed by atoms with Gasteiger partial charge in [-0.15, -0.1) is 12.4 Å². The second kappa shape index (κ2) is 8.34. The first kappa shape index (κ1) is 19.9. The van der Waals surface area contributed by atoms with E-state index >= 15 is 0 Å². The van der Waals surface area contributed by atoms with Crippen molar-refractivity contribution in [3.05, 3.63) is 34.9 Å². The van der Waals surface area contributed by atoms with Gasteiger partial charge in [0.25, 0.3) is 10.2 Å². The summed E-state index contributed by atoms with van der Waals surface area (Å²) in [5.74, 6) is 0. The minimum atomic E-state index is -3.46. The number of hydrogen-bond acceptors (Lipinski definition) is 3. The fourth-order valence-electron chi connectivity index (χ4n) is 3.51. The first-order valence-electron chi connectivity index (χ1n) is 8.25. The Labute approximate surface area is 155 Å². The van der Waals surface area contributed by atoms with E-state index in [1.807, 2.05) is 31.2 Å². The van der Waals surface area contributed by atoms with Crippen molar-refractivity contribution >= 4 is 34.2 Å². The highest BCUT2D eigenvalue weighted by atomic mass is 35.5. The second-order valence-electron chi connectivity index (χ2n) is 6.35. The summed E-state index contributed by atoms with van der Waals surface area (Å²) in [7, 11) is -3.46. The smallest absolute Gasteiger partial charge is 0.282 e. The van der Waals surface area contributed by atoms with Gasteiger partial charge in [0, 0.05) is 37.2 Å². The number of hydrogen-bond donors (Lipinski definition) is 1. The number of nitrogens with zero attached hydrogens (tertiary/aromatic N) is 2. The summed E-state index contributed by atoms with van der Waals surface area (Å²) in [5.41, 5.74) is 0.943. The van der Waals surface area contributed by atoms with Crippen molar-refractivity contribution in [1.82, 2.24) is 13.9 Å². The maximum absolute atomic E-state index is 13.2. The normalized spacial score (nSPS) is 26.8. The summed E-state index contributed by atoms with van der Waals surface area (Å²) in [6, 6.07) is 7.37.